The number of carbonyl (C=O) groups excluding carboxylic acids is 1. The molecule has 0 aliphatic heterocycles. The number of aromatic nitrogens is 1. The molecule has 0 fully saturated rings. The van der Waals surface area contributed by atoms with E-state index in [0.717, 1.165) is 5.56 Å². The zero-order valence-electron chi connectivity index (χ0n) is 10.7. The van der Waals surface area contributed by atoms with Gasteiger partial charge in [-0.2, -0.15) is 0 Å². The molecule has 0 saturated heterocycles. The van der Waals surface area contributed by atoms with E-state index >= 15 is 0 Å². The van der Waals surface area contributed by atoms with Crippen LogP contribution in [-0.4, -0.2) is 48.6 Å². The van der Waals surface area contributed by atoms with Crippen LogP contribution in [0.3, 0.4) is 0 Å². The Balaban J connectivity index is 2.70. The highest BCUT2D eigenvalue weighted by molar-refractivity contribution is 5.80. The number of amides is 1. The van der Waals surface area contributed by atoms with Crippen molar-refractivity contribution in [3.05, 3.63) is 23.9 Å². The second-order valence-electron chi connectivity index (χ2n) is 4.27. The van der Waals surface area contributed by atoms with E-state index in [1.807, 2.05) is 13.1 Å². The van der Waals surface area contributed by atoms with Gasteiger partial charge in [0.25, 0.3) is 0 Å². The third kappa shape index (κ3) is 3.71. The predicted octanol–water partition coefficient (Wildman–Crippen LogP) is 0.659. The molecule has 1 aromatic heterocycles. The van der Waals surface area contributed by atoms with Gasteiger partial charge in [0.15, 0.2) is 0 Å². The summed E-state index contributed by atoms with van der Waals surface area (Å²) < 4.78 is 0. The van der Waals surface area contributed by atoms with E-state index in [-0.39, 0.29) is 12.5 Å². The lowest BCUT2D eigenvalue weighted by molar-refractivity contribution is -0.127. The summed E-state index contributed by atoms with van der Waals surface area (Å²) in [6, 6.07) is 3.61. The van der Waals surface area contributed by atoms with Crippen LogP contribution >= 0.6 is 0 Å². The molecule has 5 heteroatoms. The van der Waals surface area contributed by atoms with Crippen LogP contribution < -0.4 is 4.90 Å². The van der Waals surface area contributed by atoms with Gasteiger partial charge in [-0.05, 0) is 18.6 Å². The number of anilines is 1. The van der Waals surface area contributed by atoms with E-state index in [9.17, 15) is 9.90 Å². The fourth-order valence-electron chi connectivity index (χ4n) is 1.30. The number of likely N-dealkylation sites (N-methyl/N-ethyl adjacent to an activating group) is 2. The number of nitrogens with zero attached hydrogens (tertiary/aromatic N) is 3. The molecule has 94 valence electrons. The van der Waals surface area contributed by atoms with Crippen molar-refractivity contribution >= 4 is 11.7 Å². The van der Waals surface area contributed by atoms with Crippen LogP contribution in [0.1, 0.15) is 18.6 Å². The fourth-order valence-corrected chi connectivity index (χ4v) is 1.30. The van der Waals surface area contributed by atoms with Crippen molar-refractivity contribution < 1.29 is 9.90 Å². The average Bonchev–Trinajstić information content (AvgIpc) is 2.28. The summed E-state index contributed by atoms with van der Waals surface area (Å²) in [7, 11) is 5.26. The van der Waals surface area contributed by atoms with Crippen molar-refractivity contribution in [3.8, 4) is 0 Å². The summed E-state index contributed by atoms with van der Waals surface area (Å²) >= 11 is 0. The van der Waals surface area contributed by atoms with Gasteiger partial charge in [-0.1, -0.05) is 6.07 Å². The Kier molecular flexibility index (Phi) is 4.45. The van der Waals surface area contributed by atoms with Gasteiger partial charge in [0.05, 0.1) is 12.6 Å². The largest absolute Gasteiger partial charge is 0.389 e. The van der Waals surface area contributed by atoms with Crippen LogP contribution in [0, 0.1) is 0 Å². The normalized spacial score (nSPS) is 12.1. The molecule has 1 heterocycles. The molecule has 1 amide bonds. The maximum atomic E-state index is 11.5. The summed E-state index contributed by atoms with van der Waals surface area (Å²) in [6.07, 6.45) is 1.10. The SMILES string of the molecule is C[C@@H](O)c1ccc(N(C)CC(=O)N(C)C)nc1. The molecule has 0 saturated carbocycles. The lowest BCUT2D eigenvalue weighted by Gasteiger charge is -2.20. The second-order valence-corrected chi connectivity index (χ2v) is 4.27. The van der Waals surface area contributed by atoms with Crippen molar-refractivity contribution in [3.63, 3.8) is 0 Å². The quantitative estimate of drug-likeness (QED) is 0.835. The molecule has 0 bridgehead atoms. The predicted molar refractivity (Wildman–Crippen MR) is 66.8 cm³/mol. The number of aliphatic hydroxyl groups is 1. The van der Waals surface area contributed by atoms with E-state index in [1.54, 1.807) is 43.1 Å². The van der Waals surface area contributed by atoms with E-state index in [2.05, 4.69) is 4.98 Å². The molecule has 0 spiro atoms. The third-order valence-corrected chi connectivity index (χ3v) is 2.52. The molecule has 5 nitrogen and oxygen atoms in total. The van der Waals surface area contributed by atoms with Crippen LogP contribution in [-0.2, 0) is 4.79 Å². The lowest BCUT2D eigenvalue weighted by Crippen LogP contribution is -2.34. The van der Waals surface area contributed by atoms with Crippen molar-refractivity contribution in [2.75, 3.05) is 32.6 Å². The van der Waals surface area contributed by atoms with Gasteiger partial charge in [-0.3, -0.25) is 4.79 Å². The zero-order chi connectivity index (χ0) is 13.0. The Bertz CT molecular complexity index is 374. The minimum Gasteiger partial charge on any atom is -0.389 e. The van der Waals surface area contributed by atoms with Gasteiger partial charge in [-0.15, -0.1) is 0 Å². The van der Waals surface area contributed by atoms with Gasteiger partial charge in [0.1, 0.15) is 5.82 Å². The molecule has 17 heavy (non-hydrogen) atoms. The molecule has 0 radical (unpaired) electrons. The van der Waals surface area contributed by atoms with Gasteiger partial charge in [0.2, 0.25) is 5.91 Å². The van der Waals surface area contributed by atoms with E-state index in [1.165, 1.54) is 0 Å². The van der Waals surface area contributed by atoms with Gasteiger partial charge < -0.3 is 14.9 Å². The van der Waals surface area contributed by atoms with Crippen LogP contribution in [0.5, 0.6) is 0 Å². The summed E-state index contributed by atoms with van der Waals surface area (Å²) in [4.78, 5) is 19.0. The molecule has 1 N–H and O–H groups in total. The lowest BCUT2D eigenvalue weighted by atomic mass is 10.2. The standard InChI is InChI=1S/C12H19N3O2/c1-9(16)10-5-6-11(13-7-10)15(4)8-12(17)14(2)3/h5-7,9,16H,8H2,1-4H3/t9-/m1/s1. The highest BCUT2D eigenvalue weighted by Gasteiger charge is 2.10. The number of rotatable bonds is 4. The zero-order valence-corrected chi connectivity index (χ0v) is 10.7. The Labute approximate surface area is 102 Å². The van der Waals surface area contributed by atoms with E-state index < -0.39 is 6.10 Å². The number of aliphatic hydroxyl groups excluding tert-OH is 1. The monoisotopic (exact) mass is 237 g/mol. The number of hydrogen-bond acceptors (Lipinski definition) is 4. The van der Waals surface area contributed by atoms with Crippen LogP contribution in [0.15, 0.2) is 18.3 Å². The maximum Gasteiger partial charge on any atom is 0.241 e. The topological polar surface area (TPSA) is 56.7 Å². The van der Waals surface area contributed by atoms with Crippen molar-refractivity contribution in [2.24, 2.45) is 0 Å². The first kappa shape index (κ1) is 13.4. The van der Waals surface area contributed by atoms with Crippen molar-refractivity contribution in [1.82, 2.24) is 9.88 Å². The minimum atomic E-state index is -0.523. The minimum absolute atomic E-state index is 0.0221. The Morgan fingerprint density at radius 2 is 2.06 bits per heavy atom. The first-order valence-electron chi connectivity index (χ1n) is 5.47. The first-order valence-corrected chi connectivity index (χ1v) is 5.47. The fraction of sp³-hybridized carbons (Fsp3) is 0.500. The summed E-state index contributed by atoms with van der Waals surface area (Å²) in [5.41, 5.74) is 0.765. The summed E-state index contributed by atoms with van der Waals surface area (Å²) in [5, 5.41) is 9.36. The van der Waals surface area contributed by atoms with Crippen LogP contribution in [0.2, 0.25) is 0 Å². The number of carbonyl (C=O) groups is 1. The van der Waals surface area contributed by atoms with Gasteiger partial charge in [-0.25, -0.2) is 4.98 Å². The Hall–Kier alpha value is -1.62. The number of hydrogen-bond donors (Lipinski definition) is 1. The van der Waals surface area contributed by atoms with Crippen molar-refractivity contribution in [1.29, 1.82) is 0 Å². The maximum absolute atomic E-state index is 11.5. The van der Waals surface area contributed by atoms with E-state index in [4.69, 9.17) is 0 Å². The van der Waals surface area contributed by atoms with E-state index in [0.29, 0.717) is 5.82 Å². The molecule has 0 aliphatic carbocycles. The number of pyridine rings is 1. The highest BCUT2D eigenvalue weighted by atomic mass is 16.3. The molecular weight excluding hydrogens is 218 g/mol. The molecule has 0 aliphatic rings. The Morgan fingerprint density at radius 3 is 2.47 bits per heavy atom. The molecular formula is C12H19N3O2. The first-order chi connectivity index (χ1) is 7.91. The summed E-state index contributed by atoms with van der Waals surface area (Å²) in [5.74, 6) is 0.735. The molecule has 1 aromatic rings. The average molecular weight is 237 g/mol. The van der Waals surface area contributed by atoms with Crippen LogP contribution in [0.4, 0.5) is 5.82 Å². The molecule has 0 aromatic carbocycles. The molecule has 1 atom stereocenters. The van der Waals surface area contributed by atoms with Crippen LogP contribution in [0.25, 0.3) is 0 Å². The van der Waals surface area contributed by atoms with Crippen molar-refractivity contribution in [2.45, 2.75) is 13.0 Å². The third-order valence-electron chi connectivity index (χ3n) is 2.52. The summed E-state index contributed by atoms with van der Waals surface area (Å²) in [6.45, 7) is 1.98. The highest BCUT2D eigenvalue weighted by Crippen LogP contribution is 2.14. The second kappa shape index (κ2) is 5.63. The van der Waals surface area contributed by atoms with Gasteiger partial charge in [0, 0.05) is 27.3 Å². The smallest absolute Gasteiger partial charge is 0.241 e. The molecule has 0 unspecified atom stereocenters. The molecule has 1 rings (SSSR count). The van der Waals surface area contributed by atoms with Gasteiger partial charge >= 0.3 is 0 Å². The Morgan fingerprint density at radius 1 is 1.41 bits per heavy atom.